The molecule has 376 valence electrons. The summed E-state index contributed by atoms with van der Waals surface area (Å²) in [7, 11) is 4.90. The Hall–Kier alpha value is -1.56. The lowest BCUT2D eigenvalue weighted by molar-refractivity contribution is -0.347. The van der Waals surface area contributed by atoms with E-state index in [0.717, 1.165) is 36.8 Å². The molecule has 2 bridgehead atoms. The van der Waals surface area contributed by atoms with E-state index in [-0.39, 0.29) is 54.1 Å². The number of aliphatic hydroxyl groups excluding tert-OH is 6. The molecule has 13 nitrogen and oxygen atoms in total. The lowest BCUT2D eigenvalue weighted by atomic mass is 9.78. The first kappa shape index (κ1) is 56.0. The number of methoxy groups -OCH3 is 3. The Morgan fingerprint density at radius 2 is 1.51 bits per heavy atom. The summed E-state index contributed by atoms with van der Waals surface area (Å²) in [5.74, 6) is -2.74. The predicted molar refractivity (Wildman–Crippen MR) is 253 cm³/mol. The first-order valence-corrected chi connectivity index (χ1v) is 24.9. The third kappa shape index (κ3) is 15.2. The molecule has 0 aromatic heterocycles. The van der Waals surface area contributed by atoms with E-state index < -0.39 is 73.0 Å². The maximum atomic E-state index is 12.1. The van der Waals surface area contributed by atoms with Crippen molar-refractivity contribution in [3.8, 4) is 0 Å². The van der Waals surface area contributed by atoms with Crippen LogP contribution in [0.15, 0.2) is 47.6 Å². The molecule has 9 unspecified atom stereocenters. The van der Waals surface area contributed by atoms with E-state index in [4.69, 9.17) is 23.7 Å². The Morgan fingerprint density at radius 3 is 2.18 bits per heavy atom. The van der Waals surface area contributed by atoms with Gasteiger partial charge in [0.15, 0.2) is 12.1 Å². The number of rotatable bonds is 6. The highest BCUT2D eigenvalue weighted by molar-refractivity contribution is 5.19. The first-order chi connectivity index (χ1) is 30.7. The topological polar surface area (TPSA) is 191 Å². The number of hydrogen-bond donors (Lipinski definition) is 7. The standard InChI is InChI=1S/C52H91NO12/c1-31-17-13-12-14-18-32(2)44(61-9)29-40-22-20-37(7)52(60,65-40)49(57)50(58)53-24-16-15-19-41(53)51(59)64-45(35(5)27-39-21-23-42(54)46(28-39)62-10)30-43(55)34(4)26-33(3)38(8)48(63-11)47(56)36(6)25-31/h12-14,17-18,26,31,34-51,54-60H,15-16,19-25,27-30H2,1-11H3/b14-12+,17-13+,32-18+,33-26+/t31-,34-,35+,36?,37?,38?,39?,40+,41?,42?,43-,44+,45+,46?,47-,48?,49-,50-,51+,52?/m0/s1. The molecule has 0 radical (unpaired) electrons. The molecule has 7 N–H and O–H groups in total. The number of fused-ring (bicyclic) bond motifs is 3. The van der Waals surface area contributed by atoms with Crippen molar-refractivity contribution in [3.05, 3.63) is 47.6 Å². The number of hydrogen-bond acceptors (Lipinski definition) is 13. The van der Waals surface area contributed by atoms with Crippen molar-refractivity contribution in [1.29, 1.82) is 0 Å². The number of nitrogens with zero attached hydrogens (tertiary/aromatic N) is 1. The van der Waals surface area contributed by atoms with Crippen LogP contribution in [0.1, 0.15) is 132 Å². The van der Waals surface area contributed by atoms with Crippen molar-refractivity contribution in [2.75, 3.05) is 27.9 Å². The normalized spacial score (nSPS) is 46.4. The summed E-state index contributed by atoms with van der Waals surface area (Å²) in [4.78, 5) is 1.64. The van der Waals surface area contributed by atoms with Gasteiger partial charge in [0.05, 0.1) is 54.9 Å². The van der Waals surface area contributed by atoms with E-state index in [1.807, 2.05) is 65.0 Å². The Morgan fingerprint density at radius 1 is 0.785 bits per heavy atom. The summed E-state index contributed by atoms with van der Waals surface area (Å²) in [6, 6.07) is -0.714. The fraction of sp³-hybridized carbons (Fsp3) is 0.846. The molecule has 1 aliphatic carbocycles. The summed E-state index contributed by atoms with van der Waals surface area (Å²) in [5.41, 5.74) is 1.96. The average molecular weight is 922 g/mol. The molecule has 1 saturated carbocycles. The molecule has 0 aromatic rings. The van der Waals surface area contributed by atoms with Gasteiger partial charge in [-0.05, 0) is 101 Å². The van der Waals surface area contributed by atoms with Crippen LogP contribution in [0.25, 0.3) is 0 Å². The number of aliphatic hydroxyl groups is 7. The molecule has 3 fully saturated rings. The summed E-state index contributed by atoms with van der Waals surface area (Å²) in [6.45, 7) is 16.5. The van der Waals surface area contributed by atoms with E-state index in [1.165, 1.54) is 0 Å². The zero-order chi connectivity index (χ0) is 48.2. The van der Waals surface area contributed by atoms with Crippen LogP contribution in [-0.2, 0) is 23.7 Å². The monoisotopic (exact) mass is 922 g/mol. The molecule has 4 aliphatic rings. The van der Waals surface area contributed by atoms with Crippen molar-refractivity contribution >= 4 is 0 Å². The van der Waals surface area contributed by atoms with Crippen LogP contribution >= 0.6 is 0 Å². The molecular formula is C52H91NO12. The lowest BCUT2D eigenvalue weighted by Gasteiger charge is -2.49. The smallest absolute Gasteiger partial charge is 0.198 e. The Kier molecular flexibility index (Phi) is 22.8. The third-order valence-corrected chi connectivity index (χ3v) is 15.8. The zero-order valence-corrected chi connectivity index (χ0v) is 41.7. The van der Waals surface area contributed by atoms with Gasteiger partial charge in [0.1, 0.15) is 12.3 Å². The summed E-state index contributed by atoms with van der Waals surface area (Å²) >= 11 is 0. The minimum atomic E-state index is -2.07. The predicted octanol–water partition coefficient (Wildman–Crippen LogP) is 6.41. The van der Waals surface area contributed by atoms with Gasteiger partial charge in [-0.1, -0.05) is 90.0 Å². The molecule has 65 heavy (non-hydrogen) atoms. The molecule has 0 amide bonds. The van der Waals surface area contributed by atoms with Gasteiger partial charge in [0, 0.05) is 58.5 Å². The minimum absolute atomic E-state index is 0.0510. The van der Waals surface area contributed by atoms with Crippen molar-refractivity contribution in [2.24, 2.45) is 41.4 Å². The number of ether oxygens (including phenoxy) is 5. The molecule has 4 rings (SSSR count). The molecule has 0 aromatic carbocycles. The van der Waals surface area contributed by atoms with Crippen LogP contribution in [0.3, 0.4) is 0 Å². The maximum Gasteiger partial charge on any atom is 0.198 e. The Balaban J connectivity index is 1.69. The highest BCUT2D eigenvalue weighted by Crippen LogP contribution is 2.40. The molecule has 2 saturated heterocycles. The van der Waals surface area contributed by atoms with Gasteiger partial charge in [-0.2, -0.15) is 0 Å². The van der Waals surface area contributed by atoms with Gasteiger partial charge in [-0.25, -0.2) is 0 Å². The van der Waals surface area contributed by atoms with Gasteiger partial charge in [0.25, 0.3) is 0 Å². The average Bonchev–Trinajstić information content (AvgIpc) is 3.28. The Labute approximate surface area is 391 Å². The molecule has 3 aliphatic heterocycles. The third-order valence-electron chi connectivity index (χ3n) is 15.8. The van der Waals surface area contributed by atoms with Gasteiger partial charge >= 0.3 is 0 Å². The van der Waals surface area contributed by atoms with E-state index in [0.29, 0.717) is 51.5 Å². The van der Waals surface area contributed by atoms with Crippen LogP contribution in [0.5, 0.6) is 0 Å². The van der Waals surface area contributed by atoms with E-state index in [1.54, 1.807) is 26.2 Å². The van der Waals surface area contributed by atoms with Crippen LogP contribution in [0, 0.1) is 41.4 Å². The number of piperidine rings is 1. The maximum absolute atomic E-state index is 12.1. The Bertz CT molecular complexity index is 1520. The van der Waals surface area contributed by atoms with Gasteiger partial charge < -0.3 is 59.4 Å². The van der Waals surface area contributed by atoms with Crippen LogP contribution in [-0.4, -0.2) is 148 Å². The second kappa shape index (κ2) is 26.4. The van der Waals surface area contributed by atoms with E-state index >= 15 is 0 Å². The fourth-order valence-electron chi connectivity index (χ4n) is 11.2. The van der Waals surface area contributed by atoms with Crippen molar-refractivity contribution in [2.45, 2.75) is 212 Å². The highest BCUT2D eigenvalue weighted by atomic mass is 16.7. The summed E-state index contributed by atoms with van der Waals surface area (Å²) in [5, 5.41) is 82.2. The summed E-state index contributed by atoms with van der Waals surface area (Å²) in [6.07, 6.45) is 10.7. The van der Waals surface area contributed by atoms with Crippen LogP contribution < -0.4 is 0 Å². The quantitative estimate of drug-likeness (QED) is 0.145. The largest absolute Gasteiger partial charge is 0.392 e. The minimum Gasteiger partial charge on any atom is -0.392 e. The second-order valence-corrected chi connectivity index (χ2v) is 20.8. The molecular weight excluding hydrogens is 831 g/mol. The molecule has 0 spiro atoms. The molecule has 3 heterocycles. The van der Waals surface area contributed by atoms with Crippen molar-refractivity contribution in [3.63, 3.8) is 0 Å². The van der Waals surface area contributed by atoms with Crippen LogP contribution in [0.4, 0.5) is 0 Å². The molecule has 13 heteroatoms. The summed E-state index contributed by atoms with van der Waals surface area (Å²) < 4.78 is 30.5. The first-order valence-electron chi connectivity index (χ1n) is 24.9. The SMILES string of the molecule is COC1CC(C[C@@H](C)[C@H]2C[C@H](O)[C@@H](C)/C=C(\C)C(C)C(OC)[C@@H](O)C(C)C[C@@H](C)/C=C/C=C/C=C(\C)[C@H](OC)C[C@H]3CCC(C)C(O)(O3)[C@@H](O)[C@H](O)N3CCCCC3[C@H](O)O2)CCC1O. The zero-order valence-electron chi connectivity index (χ0n) is 41.7. The van der Waals surface area contributed by atoms with E-state index in [9.17, 15) is 35.7 Å². The second-order valence-electron chi connectivity index (χ2n) is 20.8. The van der Waals surface area contributed by atoms with Crippen molar-refractivity contribution < 1.29 is 59.4 Å². The van der Waals surface area contributed by atoms with Gasteiger partial charge in [-0.3, -0.25) is 4.90 Å². The van der Waals surface area contributed by atoms with Crippen molar-refractivity contribution in [1.82, 2.24) is 4.90 Å². The lowest BCUT2D eigenvalue weighted by Crippen LogP contribution is -2.65. The number of allylic oxidation sites excluding steroid dienone is 5. The van der Waals surface area contributed by atoms with Gasteiger partial charge in [-0.15, -0.1) is 0 Å². The van der Waals surface area contributed by atoms with Crippen LogP contribution in [0.2, 0.25) is 0 Å². The highest BCUT2D eigenvalue weighted by Gasteiger charge is 2.52. The fourth-order valence-corrected chi connectivity index (χ4v) is 11.2. The van der Waals surface area contributed by atoms with Gasteiger partial charge in [0.2, 0.25) is 0 Å². The molecule has 20 atom stereocenters. The van der Waals surface area contributed by atoms with E-state index in [2.05, 4.69) is 26.8 Å².